The summed E-state index contributed by atoms with van der Waals surface area (Å²) in [6.07, 6.45) is -10.4. The smallest absolute Gasteiger partial charge is 0.432 e. The second kappa shape index (κ2) is 11.6. The second-order valence-corrected chi connectivity index (χ2v) is 9.51. The molecule has 0 aliphatic rings. The largest absolute Gasteiger partial charge is 0.455 e. The molecule has 0 fully saturated rings. The molecule has 43 heavy (non-hydrogen) atoms. The van der Waals surface area contributed by atoms with Gasteiger partial charge in [-0.2, -0.15) is 13.2 Å². The zero-order chi connectivity index (χ0) is 30.8. The molecule has 1 atom stereocenters. The molecule has 1 unspecified atom stereocenters. The summed E-state index contributed by atoms with van der Waals surface area (Å²) in [5, 5.41) is 0. The van der Waals surface area contributed by atoms with Gasteiger partial charge in [-0.15, -0.1) is 0 Å². The normalized spacial score (nSPS) is 13.0. The number of anilines is 2. The number of hydrogen-bond donors (Lipinski definition) is 2. The van der Waals surface area contributed by atoms with Crippen LogP contribution in [0.3, 0.4) is 0 Å². The van der Waals surface area contributed by atoms with Crippen molar-refractivity contribution < 1.29 is 35.8 Å². The highest BCUT2D eigenvalue weighted by Crippen LogP contribution is 2.54. The van der Waals surface area contributed by atoms with Crippen LogP contribution in [-0.4, -0.2) is 12.6 Å². The van der Waals surface area contributed by atoms with Gasteiger partial charge in [0.15, 0.2) is 0 Å². The minimum Gasteiger partial charge on any atom is -0.455 e. The minimum atomic E-state index is -5.97. The number of hydrogen-bond acceptors (Lipinski definition) is 4. The van der Waals surface area contributed by atoms with Crippen molar-refractivity contribution in [3.8, 4) is 45.3 Å². The predicted molar refractivity (Wildman–Crippen MR) is 154 cm³/mol. The van der Waals surface area contributed by atoms with Crippen LogP contribution in [0.25, 0.3) is 22.3 Å². The third-order valence-corrected chi connectivity index (χ3v) is 6.78. The van der Waals surface area contributed by atoms with Crippen LogP contribution in [0, 0.1) is 0 Å². The van der Waals surface area contributed by atoms with Crippen molar-refractivity contribution in [2.75, 3.05) is 11.5 Å². The molecule has 0 bridgehead atoms. The first kappa shape index (κ1) is 29.4. The van der Waals surface area contributed by atoms with Crippen molar-refractivity contribution in [3.63, 3.8) is 0 Å². The fourth-order valence-electron chi connectivity index (χ4n) is 4.69. The molecular formula is C33H24F6N2O2. The molecule has 0 aromatic heterocycles. The molecule has 0 spiro atoms. The average Bonchev–Trinajstić information content (AvgIpc) is 2.98. The summed E-state index contributed by atoms with van der Waals surface area (Å²) in [7, 11) is 0. The quantitative estimate of drug-likeness (QED) is 0.139. The van der Waals surface area contributed by atoms with Crippen LogP contribution in [0.5, 0.6) is 23.0 Å². The molecule has 0 radical (unpaired) electrons. The Morgan fingerprint density at radius 2 is 0.907 bits per heavy atom. The van der Waals surface area contributed by atoms with Gasteiger partial charge in [-0.1, -0.05) is 78.9 Å². The third-order valence-electron chi connectivity index (χ3n) is 6.78. The predicted octanol–water partition coefficient (Wildman–Crippen LogP) is 9.76. The van der Waals surface area contributed by atoms with Gasteiger partial charge in [0.25, 0.3) is 12.1 Å². The summed E-state index contributed by atoms with van der Waals surface area (Å²) < 4.78 is 99.1. The number of halogens is 6. The first-order valence-corrected chi connectivity index (χ1v) is 12.9. The minimum absolute atomic E-state index is 0.0217. The highest BCUT2D eigenvalue weighted by molar-refractivity contribution is 5.91. The summed E-state index contributed by atoms with van der Waals surface area (Å²) in [6.45, 7) is 0. The van der Waals surface area contributed by atoms with Gasteiger partial charge in [-0.3, -0.25) is 0 Å². The number of alkyl halides is 6. The molecule has 0 aliphatic carbocycles. The van der Waals surface area contributed by atoms with E-state index < -0.39 is 29.4 Å². The van der Waals surface area contributed by atoms with Gasteiger partial charge < -0.3 is 20.9 Å². The van der Waals surface area contributed by atoms with Crippen LogP contribution in [0.2, 0.25) is 0 Å². The first-order chi connectivity index (χ1) is 20.5. The standard InChI is InChI=1S/C33H24F6N2O2/c34-31(35)32(36,33(37,38)39)23-13-9-12-21(20-10-1-5-16-26(20)42-28-18-7-3-14-24(28)40)30(23)22-11-2-6-17-27(22)43-29-19-8-4-15-25(29)41/h1-19,31H,40-41H2. The maximum Gasteiger partial charge on any atom is 0.432 e. The van der Waals surface area contributed by atoms with Gasteiger partial charge >= 0.3 is 6.18 Å². The molecule has 220 valence electrons. The van der Waals surface area contributed by atoms with Crippen LogP contribution < -0.4 is 20.9 Å². The number of ether oxygens (including phenoxy) is 2. The average molecular weight is 595 g/mol. The van der Waals surface area contributed by atoms with Gasteiger partial charge in [0, 0.05) is 22.3 Å². The van der Waals surface area contributed by atoms with Gasteiger partial charge in [0.2, 0.25) is 0 Å². The van der Waals surface area contributed by atoms with E-state index in [-0.39, 0.29) is 51.1 Å². The molecule has 5 aromatic rings. The van der Waals surface area contributed by atoms with Crippen LogP contribution in [0.1, 0.15) is 5.56 Å². The van der Waals surface area contributed by atoms with E-state index in [2.05, 4.69) is 0 Å². The van der Waals surface area contributed by atoms with Crippen molar-refractivity contribution in [2.24, 2.45) is 0 Å². The van der Waals surface area contributed by atoms with E-state index in [0.29, 0.717) is 6.07 Å². The number of nitrogens with two attached hydrogens (primary N) is 2. The van der Waals surface area contributed by atoms with Crippen molar-refractivity contribution in [1.29, 1.82) is 0 Å². The van der Waals surface area contributed by atoms with E-state index in [1.54, 1.807) is 54.6 Å². The Morgan fingerprint density at radius 3 is 1.40 bits per heavy atom. The van der Waals surface area contributed by atoms with Gasteiger partial charge in [-0.25, -0.2) is 13.2 Å². The molecule has 5 rings (SSSR count). The molecule has 10 heteroatoms. The van der Waals surface area contributed by atoms with Crippen molar-refractivity contribution in [1.82, 2.24) is 0 Å². The van der Waals surface area contributed by atoms with Crippen LogP contribution in [0.4, 0.5) is 37.7 Å². The first-order valence-electron chi connectivity index (χ1n) is 12.9. The summed E-state index contributed by atoms with van der Waals surface area (Å²) in [4.78, 5) is 0. The van der Waals surface area contributed by atoms with E-state index in [0.717, 1.165) is 6.07 Å². The van der Waals surface area contributed by atoms with E-state index in [4.69, 9.17) is 20.9 Å². The van der Waals surface area contributed by atoms with E-state index in [9.17, 15) is 22.0 Å². The Morgan fingerprint density at radius 1 is 0.488 bits per heavy atom. The van der Waals surface area contributed by atoms with Gasteiger partial charge in [-0.05, 0) is 42.0 Å². The Balaban J connectivity index is 1.82. The lowest BCUT2D eigenvalue weighted by Gasteiger charge is -2.31. The van der Waals surface area contributed by atoms with E-state index in [1.165, 1.54) is 48.5 Å². The molecular weight excluding hydrogens is 570 g/mol. The number of benzene rings is 5. The Bertz CT molecular complexity index is 1760. The Hall–Kier alpha value is -5.12. The summed E-state index contributed by atoms with van der Waals surface area (Å²) >= 11 is 0. The van der Waals surface area contributed by atoms with Crippen LogP contribution >= 0.6 is 0 Å². The Labute approximate surface area is 243 Å². The lowest BCUT2D eigenvalue weighted by molar-refractivity contribution is -0.274. The van der Waals surface area contributed by atoms with Crippen LogP contribution in [0.15, 0.2) is 115 Å². The summed E-state index contributed by atoms with van der Waals surface area (Å²) in [5.74, 6) is 0.503. The van der Waals surface area contributed by atoms with Gasteiger partial charge in [0.1, 0.15) is 23.0 Å². The van der Waals surface area contributed by atoms with Crippen LogP contribution in [-0.2, 0) is 5.67 Å². The maximum atomic E-state index is 15.9. The van der Waals surface area contributed by atoms with Crippen molar-refractivity contribution in [2.45, 2.75) is 18.3 Å². The zero-order valence-electron chi connectivity index (χ0n) is 22.3. The maximum absolute atomic E-state index is 15.9. The molecule has 0 amide bonds. The van der Waals surface area contributed by atoms with E-state index in [1.807, 2.05) is 0 Å². The highest BCUT2D eigenvalue weighted by atomic mass is 19.4. The number of para-hydroxylation sites is 6. The highest BCUT2D eigenvalue weighted by Gasteiger charge is 2.65. The van der Waals surface area contributed by atoms with Gasteiger partial charge in [0.05, 0.1) is 11.4 Å². The fraction of sp³-hybridized carbons (Fsp3) is 0.0909. The third kappa shape index (κ3) is 5.55. The summed E-state index contributed by atoms with van der Waals surface area (Å²) in [5.41, 5.74) is 5.84. The SMILES string of the molecule is Nc1ccccc1Oc1ccccc1-c1cccc(C(F)(C(F)F)C(F)(F)F)c1-c1ccccc1Oc1ccccc1N. The molecule has 0 heterocycles. The zero-order valence-corrected chi connectivity index (χ0v) is 22.3. The summed E-state index contributed by atoms with van der Waals surface area (Å²) in [6, 6.07) is 28.1. The number of rotatable bonds is 8. The second-order valence-electron chi connectivity index (χ2n) is 9.51. The molecule has 0 saturated heterocycles. The molecule has 4 nitrogen and oxygen atoms in total. The van der Waals surface area contributed by atoms with E-state index >= 15 is 4.39 Å². The van der Waals surface area contributed by atoms with Crippen molar-refractivity contribution in [3.05, 3.63) is 121 Å². The lowest BCUT2D eigenvalue weighted by atomic mass is 9.82. The fourth-order valence-corrected chi connectivity index (χ4v) is 4.69. The molecule has 0 aliphatic heterocycles. The lowest BCUT2D eigenvalue weighted by Crippen LogP contribution is -2.45. The van der Waals surface area contributed by atoms with Crippen molar-refractivity contribution >= 4 is 11.4 Å². The molecule has 5 aromatic carbocycles. The molecule has 0 saturated carbocycles. The number of nitrogen functional groups attached to an aromatic ring is 2. The molecule has 4 N–H and O–H groups in total. The Kier molecular flexibility index (Phi) is 7.95. The monoisotopic (exact) mass is 594 g/mol. The topological polar surface area (TPSA) is 70.5 Å².